The van der Waals surface area contributed by atoms with E-state index in [4.69, 9.17) is 23.2 Å². The molecule has 1 aromatic heterocycles. The monoisotopic (exact) mass is 352 g/mol. The van der Waals surface area contributed by atoms with Gasteiger partial charge in [0.15, 0.2) is 0 Å². The van der Waals surface area contributed by atoms with Crippen LogP contribution in [-0.2, 0) is 0 Å². The lowest BCUT2D eigenvalue weighted by atomic mass is 10.2. The van der Waals surface area contributed by atoms with E-state index >= 15 is 0 Å². The van der Waals surface area contributed by atoms with E-state index in [1.165, 1.54) is 29.0 Å². The molecule has 0 bridgehead atoms. The van der Waals surface area contributed by atoms with Crippen LogP contribution in [0.15, 0.2) is 42.6 Å². The number of fused-ring (bicyclic) bond motifs is 1. The first kappa shape index (κ1) is 15.5. The van der Waals surface area contributed by atoms with Crippen LogP contribution in [0.1, 0.15) is 10.4 Å². The molecule has 0 spiro atoms. The normalized spacial score (nSPS) is 10.9. The summed E-state index contributed by atoms with van der Waals surface area (Å²) in [6.07, 6.45) is 1.46. The minimum Gasteiger partial charge on any atom is -0.283 e. The number of nitro groups is 1. The highest BCUT2D eigenvalue weighted by molar-refractivity contribution is 6.36. The second-order valence-corrected chi connectivity index (χ2v) is 5.55. The van der Waals surface area contributed by atoms with Crippen LogP contribution in [0.4, 0.5) is 10.1 Å². The number of carbonyl (C=O) groups is 1. The van der Waals surface area contributed by atoms with Crippen LogP contribution in [-0.4, -0.2) is 15.4 Å². The molecule has 0 N–H and O–H groups in total. The number of non-ortho nitro benzene ring substituents is 1. The van der Waals surface area contributed by atoms with E-state index in [-0.39, 0.29) is 21.3 Å². The molecule has 0 saturated carbocycles. The van der Waals surface area contributed by atoms with Crippen LogP contribution in [0, 0.1) is 15.9 Å². The average molecular weight is 353 g/mol. The lowest BCUT2D eigenvalue weighted by molar-refractivity contribution is -0.384. The van der Waals surface area contributed by atoms with Gasteiger partial charge in [-0.3, -0.25) is 19.5 Å². The van der Waals surface area contributed by atoms with E-state index in [0.717, 1.165) is 12.1 Å². The Bertz CT molecular complexity index is 969. The number of nitro benzene ring substituents is 1. The Balaban J connectivity index is 2.12. The third-order valence-electron chi connectivity index (χ3n) is 3.34. The first-order valence-corrected chi connectivity index (χ1v) is 7.09. The summed E-state index contributed by atoms with van der Waals surface area (Å²) < 4.78 is 14.6. The molecular formula is C15H7Cl2FN2O3. The SMILES string of the molecule is O=C(c1cc(Cl)c(F)cc1Cl)n1ccc2cc([N+](=O)[O-])ccc21. The van der Waals surface area contributed by atoms with Gasteiger partial charge in [0.2, 0.25) is 0 Å². The second kappa shape index (κ2) is 5.64. The maximum absolute atomic E-state index is 13.3. The number of rotatable bonds is 2. The Morgan fingerprint density at radius 1 is 1.13 bits per heavy atom. The van der Waals surface area contributed by atoms with E-state index in [9.17, 15) is 19.3 Å². The van der Waals surface area contributed by atoms with Crippen LogP contribution in [0.5, 0.6) is 0 Å². The molecule has 0 saturated heterocycles. The van der Waals surface area contributed by atoms with Gasteiger partial charge in [-0.05, 0) is 24.3 Å². The number of benzene rings is 2. The van der Waals surface area contributed by atoms with E-state index < -0.39 is 16.6 Å². The molecule has 1 heterocycles. The van der Waals surface area contributed by atoms with Crippen molar-refractivity contribution in [2.24, 2.45) is 0 Å². The van der Waals surface area contributed by atoms with Crippen LogP contribution in [0.25, 0.3) is 10.9 Å². The molecule has 0 unspecified atom stereocenters. The van der Waals surface area contributed by atoms with Crippen molar-refractivity contribution in [2.75, 3.05) is 0 Å². The largest absolute Gasteiger partial charge is 0.283 e. The molecule has 0 amide bonds. The highest BCUT2D eigenvalue weighted by Gasteiger charge is 2.18. The molecule has 3 rings (SSSR count). The Morgan fingerprint density at radius 2 is 1.87 bits per heavy atom. The van der Waals surface area contributed by atoms with Gasteiger partial charge in [-0.1, -0.05) is 23.2 Å². The van der Waals surface area contributed by atoms with Crippen molar-refractivity contribution in [3.63, 3.8) is 0 Å². The summed E-state index contributed by atoms with van der Waals surface area (Å²) >= 11 is 11.6. The number of nitrogens with zero attached hydrogens (tertiary/aromatic N) is 2. The summed E-state index contributed by atoms with van der Waals surface area (Å²) in [5.41, 5.74) is 0.427. The van der Waals surface area contributed by atoms with Crippen molar-refractivity contribution in [1.29, 1.82) is 0 Å². The lowest BCUT2D eigenvalue weighted by Crippen LogP contribution is -2.11. The summed E-state index contributed by atoms with van der Waals surface area (Å²) in [7, 11) is 0. The molecule has 8 heteroatoms. The molecule has 116 valence electrons. The summed E-state index contributed by atoms with van der Waals surface area (Å²) in [6, 6.07) is 7.81. The molecule has 0 radical (unpaired) electrons. The summed E-state index contributed by atoms with van der Waals surface area (Å²) in [5, 5.41) is 11.0. The molecule has 2 aromatic carbocycles. The maximum Gasteiger partial charge on any atom is 0.270 e. The zero-order chi connectivity index (χ0) is 16.7. The number of hydrogen-bond acceptors (Lipinski definition) is 3. The topological polar surface area (TPSA) is 65.1 Å². The van der Waals surface area contributed by atoms with Gasteiger partial charge in [-0.25, -0.2) is 4.39 Å². The van der Waals surface area contributed by atoms with Gasteiger partial charge in [-0.2, -0.15) is 0 Å². The zero-order valence-electron chi connectivity index (χ0n) is 11.3. The molecule has 3 aromatic rings. The van der Waals surface area contributed by atoms with Crippen LogP contribution in [0.2, 0.25) is 10.0 Å². The number of hydrogen-bond donors (Lipinski definition) is 0. The summed E-state index contributed by atoms with van der Waals surface area (Å²) in [5.74, 6) is -1.23. The molecular weight excluding hydrogens is 346 g/mol. The minimum atomic E-state index is -0.721. The molecule has 0 atom stereocenters. The smallest absolute Gasteiger partial charge is 0.270 e. The number of halogens is 3. The average Bonchev–Trinajstić information content (AvgIpc) is 2.93. The van der Waals surface area contributed by atoms with Gasteiger partial charge >= 0.3 is 0 Å². The number of carbonyl (C=O) groups excluding carboxylic acids is 1. The van der Waals surface area contributed by atoms with Crippen molar-refractivity contribution in [3.05, 3.63) is 74.1 Å². The lowest BCUT2D eigenvalue weighted by Gasteiger charge is -2.07. The Labute approximate surface area is 139 Å². The highest BCUT2D eigenvalue weighted by atomic mass is 35.5. The van der Waals surface area contributed by atoms with Crippen molar-refractivity contribution in [2.45, 2.75) is 0 Å². The highest BCUT2D eigenvalue weighted by Crippen LogP contribution is 2.27. The molecule has 0 aliphatic rings. The van der Waals surface area contributed by atoms with E-state index in [1.807, 2.05) is 0 Å². The Kier molecular flexibility index (Phi) is 3.79. The fourth-order valence-electron chi connectivity index (χ4n) is 2.24. The third kappa shape index (κ3) is 2.67. The molecule has 5 nitrogen and oxygen atoms in total. The Morgan fingerprint density at radius 3 is 2.57 bits per heavy atom. The standard InChI is InChI=1S/C15H7Cl2FN2O3/c16-11-7-13(18)12(17)6-10(11)15(21)19-4-3-8-5-9(20(22)23)1-2-14(8)19/h1-7H. The van der Waals surface area contributed by atoms with Gasteiger partial charge in [0.05, 0.1) is 26.0 Å². The summed E-state index contributed by atoms with van der Waals surface area (Å²) in [4.78, 5) is 22.9. The Hall–Kier alpha value is -2.44. The first-order chi connectivity index (χ1) is 10.9. The fraction of sp³-hybridized carbons (Fsp3) is 0. The predicted molar refractivity (Wildman–Crippen MR) is 84.7 cm³/mol. The first-order valence-electron chi connectivity index (χ1n) is 6.33. The minimum absolute atomic E-state index is 0.0360. The third-order valence-corrected chi connectivity index (χ3v) is 3.95. The van der Waals surface area contributed by atoms with Crippen molar-refractivity contribution in [3.8, 4) is 0 Å². The zero-order valence-corrected chi connectivity index (χ0v) is 12.8. The van der Waals surface area contributed by atoms with Crippen LogP contribution < -0.4 is 0 Å². The van der Waals surface area contributed by atoms with Gasteiger partial charge in [0.1, 0.15) is 5.82 Å². The van der Waals surface area contributed by atoms with Crippen LogP contribution >= 0.6 is 23.2 Å². The van der Waals surface area contributed by atoms with Crippen molar-refractivity contribution < 1.29 is 14.1 Å². The van der Waals surface area contributed by atoms with Gasteiger partial charge < -0.3 is 0 Å². The van der Waals surface area contributed by atoms with E-state index in [2.05, 4.69) is 0 Å². The quantitative estimate of drug-likeness (QED) is 0.382. The fourth-order valence-corrected chi connectivity index (χ4v) is 2.63. The molecule has 0 aliphatic carbocycles. The van der Waals surface area contributed by atoms with Crippen molar-refractivity contribution >= 4 is 45.7 Å². The van der Waals surface area contributed by atoms with E-state index in [0.29, 0.717) is 10.9 Å². The van der Waals surface area contributed by atoms with Gasteiger partial charge in [0, 0.05) is 23.7 Å². The summed E-state index contributed by atoms with van der Waals surface area (Å²) in [6.45, 7) is 0. The molecule has 23 heavy (non-hydrogen) atoms. The molecule has 0 aliphatic heterocycles. The van der Waals surface area contributed by atoms with Gasteiger partial charge in [-0.15, -0.1) is 0 Å². The second-order valence-electron chi connectivity index (χ2n) is 4.74. The maximum atomic E-state index is 13.3. The van der Waals surface area contributed by atoms with E-state index in [1.54, 1.807) is 6.07 Å². The van der Waals surface area contributed by atoms with Gasteiger partial charge in [0.25, 0.3) is 11.6 Å². The molecule has 0 fully saturated rings. The van der Waals surface area contributed by atoms with Crippen LogP contribution in [0.3, 0.4) is 0 Å². The predicted octanol–water partition coefficient (Wildman–Crippen LogP) is 4.68. The van der Waals surface area contributed by atoms with Crippen molar-refractivity contribution in [1.82, 2.24) is 4.57 Å². The number of aromatic nitrogens is 1.